The van der Waals surface area contributed by atoms with Crippen molar-refractivity contribution < 1.29 is 14.6 Å². The van der Waals surface area contributed by atoms with E-state index in [4.69, 9.17) is 16.9 Å². The van der Waals surface area contributed by atoms with Gasteiger partial charge in [0.25, 0.3) is 0 Å². The van der Waals surface area contributed by atoms with Crippen LogP contribution in [-0.2, 0) is 9.37 Å². The molecule has 8 N–H and O–H groups in total. The lowest BCUT2D eigenvalue weighted by atomic mass is 10.8. The molecule has 0 amide bonds. The largest absolute Gasteiger partial charge is 0.292 e. The molecule has 17 heavy (non-hydrogen) atoms. The Morgan fingerprint density at radius 1 is 1.12 bits per heavy atom. The van der Waals surface area contributed by atoms with Crippen LogP contribution in [0.25, 0.3) is 0 Å². The first kappa shape index (κ1) is 13.2. The first-order chi connectivity index (χ1) is 8.30. The lowest BCUT2D eigenvalue weighted by molar-refractivity contribution is -0.431. The van der Waals surface area contributed by atoms with E-state index in [9.17, 15) is 0 Å². The van der Waals surface area contributed by atoms with E-state index in [1.807, 2.05) is 0 Å². The van der Waals surface area contributed by atoms with Crippen molar-refractivity contribution in [2.75, 3.05) is 16.2 Å². The van der Waals surface area contributed by atoms with E-state index in [1.54, 1.807) is 0 Å². The number of anilines is 3. The molecule has 0 aliphatic heterocycles. The monoisotopic (exact) mass is 260 g/mol. The molecule has 0 aromatic carbocycles. The molecule has 0 saturated carbocycles. The molecule has 0 aliphatic rings. The molecule has 0 spiro atoms. The van der Waals surface area contributed by atoms with Gasteiger partial charge in [-0.1, -0.05) is 5.04 Å². The van der Waals surface area contributed by atoms with E-state index in [0.717, 1.165) is 0 Å². The number of hydrazine groups is 2. The molecule has 0 aliphatic carbocycles. The zero-order chi connectivity index (χ0) is 12.5. The third kappa shape index (κ3) is 4.65. The quantitative estimate of drug-likeness (QED) is 0.0716. The maximum absolute atomic E-state index is 7.81. The number of hydrogen-bond donors (Lipinski definition) is 6. The SMILES string of the molecule is NNc1nc(NN)nc(NC#CSOOO)n1. The number of nitrogen functional groups attached to an aromatic ring is 2. The van der Waals surface area contributed by atoms with Gasteiger partial charge in [0.05, 0.1) is 0 Å². The van der Waals surface area contributed by atoms with Crippen LogP contribution in [0.15, 0.2) is 0 Å². The van der Waals surface area contributed by atoms with Gasteiger partial charge in [0.2, 0.25) is 17.8 Å². The van der Waals surface area contributed by atoms with Crippen molar-refractivity contribution in [3.8, 4) is 11.3 Å². The average molecular weight is 260 g/mol. The third-order valence-electron chi connectivity index (χ3n) is 1.23. The van der Waals surface area contributed by atoms with Crippen molar-refractivity contribution in [3.05, 3.63) is 0 Å². The Balaban J connectivity index is 2.65. The summed E-state index contributed by atoms with van der Waals surface area (Å²) in [5.74, 6) is 10.6. The molecule has 0 radical (unpaired) electrons. The van der Waals surface area contributed by atoms with Gasteiger partial charge >= 0.3 is 0 Å². The first-order valence-corrected chi connectivity index (χ1v) is 4.63. The molecule has 1 rings (SSSR count). The van der Waals surface area contributed by atoms with Gasteiger partial charge in [0, 0.05) is 11.3 Å². The Morgan fingerprint density at radius 2 is 1.71 bits per heavy atom. The van der Waals surface area contributed by atoms with Crippen molar-refractivity contribution in [2.24, 2.45) is 11.7 Å². The molecular weight excluding hydrogens is 252 g/mol. The van der Waals surface area contributed by atoms with Crippen LogP contribution in [0.3, 0.4) is 0 Å². The Hall–Kier alpha value is -1.88. The summed E-state index contributed by atoms with van der Waals surface area (Å²) in [6, 6.07) is 2.40. The van der Waals surface area contributed by atoms with E-state index < -0.39 is 0 Å². The van der Waals surface area contributed by atoms with Crippen molar-refractivity contribution in [3.63, 3.8) is 0 Å². The fourth-order valence-corrected chi connectivity index (χ4v) is 0.853. The second kappa shape index (κ2) is 7.40. The fourth-order valence-electron chi connectivity index (χ4n) is 0.695. The molecule has 12 heteroatoms. The molecule has 0 fully saturated rings. The zero-order valence-corrected chi connectivity index (χ0v) is 8.98. The predicted octanol–water partition coefficient (Wildman–Crippen LogP) is -1.16. The Labute approximate surface area is 99.3 Å². The van der Waals surface area contributed by atoms with E-state index in [2.05, 4.69) is 51.8 Å². The van der Waals surface area contributed by atoms with Crippen LogP contribution in [0.1, 0.15) is 0 Å². The summed E-state index contributed by atoms with van der Waals surface area (Å²) in [5, 5.41) is 16.0. The number of aromatic nitrogens is 3. The van der Waals surface area contributed by atoms with Gasteiger partial charge in [-0.15, -0.1) is 4.33 Å². The second-order valence-electron chi connectivity index (χ2n) is 2.17. The summed E-state index contributed by atoms with van der Waals surface area (Å²) in [6.07, 6.45) is 0. The van der Waals surface area contributed by atoms with Gasteiger partial charge in [-0.2, -0.15) is 15.0 Å². The summed E-state index contributed by atoms with van der Waals surface area (Å²) in [7, 11) is 0. The standard InChI is InChI=1S/C5H8N8O3S/c6-12-4-9-3(10-5(11-4)13-7)8-1-2-17-16-15-14/h14H,6-7H2,(H3,8,9,10,11,12,13). The molecule has 1 aromatic rings. The van der Waals surface area contributed by atoms with Crippen LogP contribution < -0.4 is 27.9 Å². The van der Waals surface area contributed by atoms with E-state index in [-0.39, 0.29) is 17.8 Å². The maximum Gasteiger partial charge on any atom is 0.243 e. The van der Waals surface area contributed by atoms with Gasteiger partial charge in [-0.25, -0.2) is 16.9 Å². The highest BCUT2D eigenvalue weighted by Gasteiger charge is 2.02. The van der Waals surface area contributed by atoms with Crippen LogP contribution in [-0.4, -0.2) is 20.2 Å². The molecule has 0 unspecified atom stereocenters. The van der Waals surface area contributed by atoms with Crippen LogP contribution in [0.4, 0.5) is 17.8 Å². The number of nitrogens with two attached hydrogens (primary N) is 2. The van der Waals surface area contributed by atoms with Crippen molar-refractivity contribution in [1.29, 1.82) is 0 Å². The number of hydrogen-bond acceptors (Lipinski definition) is 12. The van der Waals surface area contributed by atoms with Gasteiger partial charge in [0.1, 0.15) is 12.0 Å². The highest BCUT2D eigenvalue weighted by Crippen LogP contribution is 2.06. The van der Waals surface area contributed by atoms with Gasteiger partial charge < -0.3 is 0 Å². The average Bonchev–Trinajstić information content (AvgIpc) is 2.38. The number of nitrogens with one attached hydrogen (secondary N) is 3. The molecule has 1 heterocycles. The van der Waals surface area contributed by atoms with Crippen LogP contribution >= 0.6 is 12.0 Å². The molecule has 0 saturated heterocycles. The smallest absolute Gasteiger partial charge is 0.243 e. The summed E-state index contributed by atoms with van der Waals surface area (Å²) < 4.78 is 4.00. The predicted molar refractivity (Wildman–Crippen MR) is 59.2 cm³/mol. The Morgan fingerprint density at radius 3 is 2.24 bits per heavy atom. The van der Waals surface area contributed by atoms with Crippen molar-refractivity contribution >= 4 is 29.9 Å². The Bertz CT molecular complexity index is 397. The van der Waals surface area contributed by atoms with Gasteiger partial charge in [-0.05, 0) is 0 Å². The molecule has 0 bridgehead atoms. The van der Waals surface area contributed by atoms with E-state index in [0.29, 0.717) is 12.0 Å². The zero-order valence-electron chi connectivity index (χ0n) is 8.17. The minimum Gasteiger partial charge on any atom is -0.292 e. The summed E-state index contributed by atoms with van der Waals surface area (Å²) in [4.78, 5) is 11.4. The van der Waals surface area contributed by atoms with Gasteiger partial charge in [0.15, 0.2) is 0 Å². The van der Waals surface area contributed by atoms with Crippen molar-refractivity contribution in [1.82, 2.24) is 15.0 Å². The summed E-state index contributed by atoms with van der Waals surface area (Å²) >= 11 is 0.545. The number of rotatable bonds is 5. The molecule has 1 aromatic heterocycles. The highest BCUT2D eigenvalue weighted by molar-refractivity contribution is 7.99. The molecule has 92 valence electrons. The van der Waals surface area contributed by atoms with Crippen molar-refractivity contribution in [2.45, 2.75) is 0 Å². The minimum atomic E-state index is 0.0971. The fraction of sp³-hybridized carbons (Fsp3) is 0. The van der Waals surface area contributed by atoms with Gasteiger partial charge in [-0.3, -0.25) is 16.2 Å². The molecule has 0 atom stereocenters. The van der Waals surface area contributed by atoms with Crippen LogP contribution in [0.5, 0.6) is 0 Å². The lowest BCUT2D eigenvalue weighted by Gasteiger charge is -2.03. The van der Waals surface area contributed by atoms with Crippen LogP contribution in [0, 0.1) is 11.3 Å². The first-order valence-electron chi connectivity index (χ1n) is 3.89. The van der Waals surface area contributed by atoms with E-state index in [1.165, 1.54) is 0 Å². The van der Waals surface area contributed by atoms with Crippen LogP contribution in [0.2, 0.25) is 0 Å². The second-order valence-corrected chi connectivity index (χ2v) is 2.68. The summed E-state index contributed by atoms with van der Waals surface area (Å²) in [6.45, 7) is 0. The van der Waals surface area contributed by atoms with E-state index >= 15 is 0 Å². The Kier molecular flexibility index (Phi) is 5.74. The topological polar surface area (TPSA) is 165 Å². The summed E-state index contributed by atoms with van der Waals surface area (Å²) in [5.41, 5.74) is 4.45. The maximum atomic E-state index is 7.81. The lowest BCUT2D eigenvalue weighted by Crippen LogP contribution is -2.17. The minimum absolute atomic E-state index is 0.0971. The number of nitrogens with zero attached hydrogens (tertiary/aromatic N) is 3. The molecule has 11 nitrogen and oxygen atoms in total. The molecular formula is C5H8N8O3S. The normalized spacial score (nSPS) is 9.12. The highest BCUT2D eigenvalue weighted by atomic mass is 32.2. The third-order valence-corrected chi connectivity index (χ3v) is 1.54.